The highest BCUT2D eigenvalue weighted by molar-refractivity contribution is 5.46. The molecule has 0 saturated carbocycles. The van der Waals surface area contributed by atoms with Crippen molar-refractivity contribution in [2.45, 2.75) is 13.3 Å². The lowest BCUT2D eigenvalue weighted by molar-refractivity contribution is -0.117. The first-order chi connectivity index (χ1) is 7.13. The van der Waals surface area contributed by atoms with E-state index in [0.29, 0.717) is 5.92 Å². The van der Waals surface area contributed by atoms with Gasteiger partial charge in [0.05, 0.1) is 0 Å². The van der Waals surface area contributed by atoms with E-state index in [-0.39, 0.29) is 0 Å². The van der Waals surface area contributed by atoms with Gasteiger partial charge in [-0.2, -0.15) is 0 Å². The van der Waals surface area contributed by atoms with E-state index in [1.54, 1.807) is 4.90 Å². The van der Waals surface area contributed by atoms with Gasteiger partial charge in [-0.15, -0.1) is 0 Å². The quantitative estimate of drug-likeness (QED) is 0.656. The molecule has 1 amide bonds. The van der Waals surface area contributed by atoms with Gasteiger partial charge in [-0.3, -0.25) is 4.79 Å². The largest absolute Gasteiger partial charge is 0.378 e. The van der Waals surface area contributed by atoms with Crippen molar-refractivity contribution in [3.63, 3.8) is 0 Å². The Morgan fingerprint density at radius 2 is 2.40 bits per heavy atom. The summed E-state index contributed by atoms with van der Waals surface area (Å²) in [4.78, 5) is 14.5. The fourth-order valence-corrected chi connectivity index (χ4v) is 1.68. The second-order valence-corrected chi connectivity index (χ2v) is 4.21. The van der Waals surface area contributed by atoms with Crippen LogP contribution in [0.25, 0.3) is 0 Å². The molecule has 0 radical (unpaired) electrons. The van der Waals surface area contributed by atoms with Gasteiger partial charge in [0.2, 0.25) is 6.41 Å². The highest BCUT2D eigenvalue weighted by Gasteiger charge is 2.10. The number of carbonyl (C=O) groups excluding carboxylic acids is 1. The molecule has 0 aromatic heterocycles. The summed E-state index contributed by atoms with van der Waals surface area (Å²) in [5.41, 5.74) is 1.29. The van der Waals surface area contributed by atoms with Crippen LogP contribution in [0.2, 0.25) is 0 Å². The van der Waals surface area contributed by atoms with Crippen molar-refractivity contribution in [1.82, 2.24) is 9.80 Å². The molecule has 0 aliphatic carbocycles. The number of hydrogen-bond donors (Lipinski definition) is 0. The molecule has 3 heteroatoms. The van der Waals surface area contributed by atoms with Gasteiger partial charge in [0.15, 0.2) is 0 Å². The third-order valence-electron chi connectivity index (χ3n) is 2.86. The maximum atomic E-state index is 10.5. The molecule has 0 spiro atoms. The summed E-state index contributed by atoms with van der Waals surface area (Å²) in [5, 5.41) is 0. The van der Waals surface area contributed by atoms with E-state index in [0.717, 1.165) is 25.9 Å². The highest BCUT2D eigenvalue weighted by Crippen LogP contribution is 2.13. The number of carbonyl (C=O) groups is 1. The lowest BCUT2D eigenvalue weighted by atomic mass is 10.0. The predicted molar refractivity (Wildman–Crippen MR) is 62.3 cm³/mol. The molecule has 3 nitrogen and oxygen atoms in total. The maximum Gasteiger partial charge on any atom is 0.209 e. The van der Waals surface area contributed by atoms with E-state index in [2.05, 4.69) is 37.1 Å². The van der Waals surface area contributed by atoms with E-state index < -0.39 is 0 Å². The fraction of sp³-hybridized carbons (Fsp3) is 0.583. The molecule has 1 atom stereocenters. The van der Waals surface area contributed by atoms with Crippen LogP contribution in [0, 0.1) is 5.92 Å². The van der Waals surface area contributed by atoms with Crippen LogP contribution in [-0.2, 0) is 4.79 Å². The zero-order valence-electron chi connectivity index (χ0n) is 9.81. The molecule has 0 aromatic rings. The lowest BCUT2D eigenvalue weighted by Gasteiger charge is -2.25. The van der Waals surface area contributed by atoms with Crippen LogP contribution in [-0.4, -0.2) is 43.4 Å². The second kappa shape index (κ2) is 5.59. The maximum absolute atomic E-state index is 10.5. The minimum atomic E-state index is 0.465. The monoisotopic (exact) mass is 208 g/mol. The van der Waals surface area contributed by atoms with E-state index in [4.69, 9.17) is 0 Å². The van der Waals surface area contributed by atoms with Crippen LogP contribution in [0.5, 0.6) is 0 Å². The van der Waals surface area contributed by atoms with Gasteiger partial charge in [0.1, 0.15) is 0 Å². The van der Waals surface area contributed by atoms with Crippen LogP contribution in [0.15, 0.2) is 23.9 Å². The number of allylic oxidation sites excluding steroid dienone is 3. The smallest absolute Gasteiger partial charge is 0.209 e. The van der Waals surface area contributed by atoms with Gasteiger partial charge >= 0.3 is 0 Å². The topological polar surface area (TPSA) is 23.6 Å². The molecule has 1 aliphatic rings. The Kier molecular flexibility index (Phi) is 4.40. The van der Waals surface area contributed by atoms with Crippen molar-refractivity contribution in [2.75, 3.05) is 27.2 Å². The van der Waals surface area contributed by atoms with Crippen LogP contribution < -0.4 is 0 Å². The van der Waals surface area contributed by atoms with Gasteiger partial charge in [0.25, 0.3) is 0 Å². The molecule has 1 rings (SSSR count). The summed E-state index contributed by atoms with van der Waals surface area (Å²) in [6, 6.07) is 0. The normalized spacial score (nSPS) is 25.1. The average Bonchev–Trinajstić information content (AvgIpc) is 2.22. The van der Waals surface area contributed by atoms with Gasteiger partial charge in [0, 0.05) is 32.9 Å². The molecule has 0 fully saturated rings. The first-order valence-corrected chi connectivity index (χ1v) is 5.35. The Hall–Kier alpha value is -1.25. The minimum Gasteiger partial charge on any atom is -0.378 e. The van der Waals surface area contributed by atoms with Crippen LogP contribution >= 0.6 is 0 Å². The Bertz CT molecular complexity index is 271. The molecule has 15 heavy (non-hydrogen) atoms. The minimum absolute atomic E-state index is 0.465. The fourth-order valence-electron chi connectivity index (χ4n) is 1.68. The van der Waals surface area contributed by atoms with Crippen molar-refractivity contribution in [1.29, 1.82) is 0 Å². The van der Waals surface area contributed by atoms with Crippen molar-refractivity contribution in [3.05, 3.63) is 23.9 Å². The van der Waals surface area contributed by atoms with E-state index in [1.165, 1.54) is 5.70 Å². The molecule has 84 valence electrons. The molecular weight excluding hydrogens is 188 g/mol. The summed E-state index contributed by atoms with van der Waals surface area (Å²) >= 11 is 0. The van der Waals surface area contributed by atoms with Crippen LogP contribution in [0.1, 0.15) is 13.3 Å². The summed E-state index contributed by atoms with van der Waals surface area (Å²) < 4.78 is 0. The zero-order chi connectivity index (χ0) is 11.3. The Labute approximate surface area is 92.0 Å². The van der Waals surface area contributed by atoms with E-state index in [9.17, 15) is 4.79 Å². The average molecular weight is 208 g/mol. The second-order valence-electron chi connectivity index (χ2n) is 4.21. The summed E-state index contributed by atoms with van der Waals surface area (Å²) in [5.74, 6) is 0.465. The molecule has 1 aliphatic heterocycles. The van der Waals surface area contributed by atoms with Crippen LogP contribution in [0.4, 0.5) is 0 Å². The number of rotatable bonds is 3. The molecule has 0 aromatic carbocycles. The summed E-state index contributed by atoms with van der Waals surface area (Å²) in [6.45, 7) is 3.97. The lowest BCUT2D eigenvalue weighted by Crippen LogP contribution is -2.27. The first kappa shape index (κ1) is 11.8. The summed E-state index contributed by atoms with van der Waals surface area (Å²) in [6.07, 6.45) is 8.38. The van der Waals surface area contributed by atoms with E-state index in [1.807, 2.05) is 7.05 Å². The van der Waals surface area contributed by atoms with Crippen LogP contribution in [0.3, 0.4) is 0 Å². The first-order valence-electron chi connectivity index (χ1n) is 5.35. The SMILES string of the molecule is C/C1=C/C=CC(CN(C)C=O)CCN1C. The van der Waals surface area contributed by atoms with Crippen molar-refractivity contribution >= 4 is 6.41 Å². The van der Waals surface area contributed by atoms with E-state index >= 15 is 0 Å². The van der Waals surface area contributed by atoms with Gasteiger partial charge in [-0.25, -0.2) is 0 Å². The molecule has 0 bridgehead atoms. The molecule has 1 heterocycles. The van der Waals surface area contributed by atoms with Crippen molar-refractivity contribution in [3.8, 4) is 0 Å². The highest BCUT2D eigenvalue weighted by atomic mass is 16.1. The molecule has 0 N–H and O–H groups in total. The number of hydrogen-bond acceptors (Lipinski definition) is 2. The van der Waals surface area contributed by atoms with Gasteiger partial charge in [-0.1, -0.05) is 12.2 Å². The predicted octanol–water partition coefficient (Wildman–Crippen LogP) is 1.49. The Balaban J connectivity index is 2.58. The Morgan fingerprint density at radius 1 is 1.67 bits per heavy atom. The number of amides is 1. The third kappa shape index (κ3) is 3.78. The molecule has 1 unspecified atom stereocenters. The third-order valence-corrected chi connectivity index (χ3v) is 2.86. The van der Waals surface area contributed by atoms with Gasteiger partial charge in [-0.05, 0) is 25.3 Å². The molecule has 0 saturated heterocycles. The number of nitrogens with zero attached hydrogens (tertiary/aromatic N) is 2. The van der Waals surface area contributed by atoms with Gasteiger partial charge < -0.3 is 9.80 Å². The standard InChI is InChI=1S/C12H20N2O/c1-11-5-4-6-12(7-8-14(11)3)9-13(2)10-15/h4-6,10,12H,7-9H2,1-3H3/b6-4?,11-5-. The van der Waals surface area contributed by atoms with Crippen molar-refractivity contribution < 1.29 is 4.79 Å². The zero-order valence-corrected chi connectivity index (χ0v) is 9.81. The molecular formula is C12H20N2O. The van der Waals surface area contributed by atoms with Crippen molar-refractivity contribution in [2.24, 2.45) is 5.92 Å². The Morgan fingerprint density at radius 3 is 3.07 bits per heavy atom. The summed E-state index contributed by atoms with van der Waals surface area (Å²) in [7, 11) is 3.93.